The van der Waals surface area contributed by atoms with Crippen molar-refractivity contribution in [3.63, 3.8) is 0 Å². The zero-order valence-electron chi connectivity index (χ0n) is 32.5. The first-order chi connectivity index (χ1) is 26.9. The number of amides is 2. The number of anilines is 2. The van der Waals surface area contributed by atoms with Crippen LogP contribution in [-0.2, 0) is 41.7 Å². The second kappa shape index (κ2) is 18.7. The van der Waals surface area contributed by atoms with Crippen molar-refractivity contribution < 1.29 is 33.7 Å². The van der Waals surface area contributed by atoms with Crippen LogP contribution in [0.15, 0.2) is 97.1 Å². The molecule has 0 aliphatic carbocycles. The molecule has 4 aromatic rings. The third kappa shape index (κ3) is 11.3. The quantitative estimate of drug-likeness (QED) is 0.0772. The molecule has 56 heavy (non-hydrogen) atoms. The fourth-order valence-electron chi connectivity index (χ4n) is 7.19. The van der Waals surface area contributed by atoms with Gasteiger partial charge in [-0.05, 0) is 92.6 Å². The summed E-state index contributed by atoms with van der Waals surface area (Å²) in [7, 11) is 0. The normalized spacial score (nSPS) is 20.0. The molecule has 4 unspecified atom stereocenters. The number of ether oxygens (including phenoxy) is 3. The number of rotatable bonds is 14. The van der Waals surface area contributed by atoms with Crippen LogP contribution in [0.4, 0.5) is 11.4 Å². The van der Waals surface area contributed by atoms with E-state index in [4.69, 9.17) is 19.9 Å². The number of nitrogens with one attached hydrogen (secondary N) is 2. The van der Waals surface area contributed by atoms with Gasteiger partial charge in [-0.1, -0.05) is 78.9 Å². The fourth-order valence-corrected chi connectivity index (χ4v) is 7.19. The number of aliphatic hydroxyl groups is 1. The molecule has 0 bridgehead atoms. The minimum absolute atomic E-state index is 0.0287. The highest BCUT2D eigenvalue weighted by molar-refractivity contribution is 5.94. The van der Waals surface area contributed by atoms with E-state index >= 15 is 0 Å². The van der Waals surface area contributed by atoms with Crippen LogP contribution in [0.2, 0.25) is 0 Å². The summed E-state index contributed by atoms with van der Waals surface area (Å²) in [5, 5.41) is 15.4. The summed E-state index contributed by atoms with van der Waals surface area (Å²) in [5.74, 6) is -0.492. The summed E-state index contributed by atoms with van der Waals surface area (Å²) in [6.07, 6.45) is 2.11. The number of carbonyl (C=O) groups excluding carboxylic acids is 3. The number of carbonyl (C=O) groups is 3. The number of esters is 1. The van der Waals surface area contributed by atoms with Gasteiger partial charge in [0.25, 0.3) is 0 Å². The highest BCUT2D eigenvalue weighted by Gasteiger charge is 2.39. The molecule has 2 fully saturated rings. The van der Waals surface area contributed by atoms with Gasteiger partial charge in [-0.2, -0.15) is 0 Å². The summed E-state index contributed by atoms with van der Waals surface area (Å²) >= 11 is 0. The van der Waals surface area contributed by atoms with Crippen molar-refractivity contribution in [2.75, 3.05) is 24.1 Å². The van der Waals surface area contributed by atoms with Crippen molar-refractivity contribution in [2.24, 2.45) is 0 Å². The van der Waals surface area contributed by atoms with Crippen LogP contribution in [0.3, 0.4) is 0 Å². The maximum atomic E-state index is 13.1. The maximum absolute atomic E-state index is 13.1. The lowest BCUT2D eigenvalue weighted by atomic mass is 9.98. The Hall–Kier alpha value is -5.07. The van der Waals surface area contributed by atoms with Crippen LogP contribution in [0.5, 0.6) is 0 Å². The molecule has 2 aliphatic heterocycles. The smallest absolute Gasteiger partial charge is 0.323 e. The average Bonchev–Trinajstić information content (AvgIpc) is 3.66. The summed E-state index contributed by atoms with van der Waals surface area (Å²) in [4.78, 5) is 40.2. The SMILES string of the molecule is CC(C)(C)OC(=O)C1CCCN1CC1CC(c2ccc(CO)cc2)OC(c2ccc(-c3cccc(CNC(=O)CCCC(=O)Nc4ccccc4N)c3)cc2)O1. The lowest BCUT2D eigenvalue weighted by molar-refractivity contribution is -0.253. The molecule has 2 saturated heterocycles. The number of para-hydroxylation sites is 2. The molecule has 11 heteroatoms. The van der Waals surface area contributed by atoms with Crippen LogP contribution >= 0.6 is 0 Å². The lowest BCUT2D eigenvalue weighted by Gasteiger charge is -2.38. The van der Waals surface area contributed by atoms with Crippen molar-refractivity contribution in [1.29, 1.82) is 0 Å². The van der Waals surface area contributed by atoms with Gasteiger partial charge < -0.3 is 35.7 Å². The van der Waals surface area contributed by atoms with Crippen molar-refractivity contribution >= 4 is 29.2 Å². The molecule has 4 atom stereocenters. The molecule has 6 rings (SSSR count). The van der Waals surface area contributed by atoms with Crippen LogP contribution in [-0.4, -0.2) is 58.6 Å². The highest BCUT2D eigenvalue weighted by atomic mass is 16.7. The van der Waals surface area contributed by atoms with Crippen LogP contribution in [0.25, 0.3) is 11.1 Å². The number of aliphatic hydroxyl groups excluding tert-OH is 1. The van der Waals surface area contributed by atoms with E-state index < -0.39 is 11.9 Å². The Bertz CT molecular complexity index is 1940. The molecular formula is C45H54N4O7. The second-order valence-corrected chi connectivity index (χ2v) is 15.6. The number of nitrogen functional groups attached to an aromatic ring is 1. The zero-order chi connectivity index (χ0) is 39.7. The molecule has 0 saturated carbocycles. The predicted molar refractivity (Wildman–Crippen MR) is 216 cm³/mol. The Morgan fingerprint density at radius 3 is 2.32 bits per heavy atom. The maximum Gasteiger partial charge on any atom is 0.323 e. The molecule has 296 valence electrons. The van der Waals surface area contributed by atoms with Crippen LogP contribution in [0, 0.1) is 0 Å². The first-order valence-electron chi connectivity index (χ1n) is 19.5. The third-order valence-corrected chi connectivity index (χ3v) is 10.1. The number of hydrogen-bond acceptors (Lipinski definition) is 9. The van der Waals surface area contributed by atoms with Gasteiger partial charge in [0.15, 0.2) is 6.29 Å². The molecule has 2 aliphatic rings. The Morgan fingerprint density at radius 2 is 1.59 bits per heavy atom. The topological polar surface area (TPSA) is 152 Å². The van der Waals surface area contributed by atoms with Gasteiger partial charge in [-0.25, -0.2) is 0 Å². The molecule has 0 radical (unpaired) electrons. The van der Waals surface area contributed by atoms with Gasteiger partial charge in [0.2, 0.25) is 11.8 Å². The number of likely N-dealkylation sites (tertiary alicyclic amines) is 1. The van der Waals surface area contributed by atoms with Gasteiger partial charge in [0.05, 0.1) is 30.2 Å². The van der Waals surface area contributed by atoms with Crippen LogP contribution in [0.1, 0.15) is 93.9 Å². The molecule has 11 nitrogen and oxygen atoms in total. The largest absolute Gasteiger partial charge is 0.459 e. The second-order valence-electron chi connectivity index (χ2n) is 15.6. The van der Waals surface area contributed by atoms with Crippen molar-refractivity contribution in [2.45, 2.75) is 103 Å². The molecule has 2 heterocycles. The first-order valence-corrected chi connectivity index (χ1v) is 19.5. The van der Waals surface area contributed by atoms with E-state index in [1.807, 2.05) is 87.5 Å². The number of nitrogens with zero attached hydrogens (tertiary/aromatic N) is 1. The fraction of sp³-hybridized carbons (Fsp3) is 0.400. The molecule has 0 spiro atoms. The average molecular weight is 763 g/mol. The monoisotopic (exact) mass is 762 g/mol. The van der Waals surface area contributed by atoms with E-state index in [1.54, 1.807) is 24.3 Å². The van der Waals surface area contributed by atoms with E-state index in [9.17, 15) is 19.5 Å². The Balaban J connectivity index is 1.07. The van der Waals surface area contributed by atoms with Crippen molar-refractivity contribution in [3.8, 4) is 11.1 Å². The van der Waals surface area contributed by atoms with E-state index in [1.165, 1.54) is 0 Å². The van der Waals surface area contributed by atoms with Gasteiger partial charge in [-0.3, -0.25) is 19.3 Å². The Kier molecular flexibility index (Phi) is 13.6. The van der Waals surface area contributed by atoms with Crippen molar-refractivity contribution in [1.82, 2.24) is 10.2 Å². The van der Waals surface area contributed by atoms with Crippen molar-refractivity contribution in [3.05, 3.63) is 119 Å². The zero-order valence-corrected chi connectivity index (χ0v) is 32.5. The minimum atomic E-state index is -0.628. The van der Waals surface area contributed by atoms with Gasteiger partial charge in [0.1, 0.15) is 11.6 Å². The molecule has 0 aromatic heterocycles. The standard InChI is InChI=1S/C45H54N4O7/c1-45(2,3)56-43(53)39-13-8-24-49(39)28-36-26-40(33-18-16-30(29-50)17-19-33)55-44(54-36)34-22-20-32(21-23-34)35-10-6-9-31(25-35)27-47-41(51)14-7-15-42(52)48-38-12-5-4-11-37(38)46/h4-6,9-12,16-23,25,36,39-40,44,50H,7-8,13-15,24,26-29,46H2,1-3H3,(H,47,51)(H,48,52). The minimum Gasteiger partial charge on any atom is -0.459 e. The highest BCUT2D eigenvalue weighted by Crippen LogP contribution is 2.39. The lowest BCUT2D eigenvalue weighted by Crippen LogP contribution is -2.45. The first kappa shape index (κ1) is 40.6. The van der Waals surface area contributed by atoms with E-state index in [2.05, 4.69) is 21.6 Å². The van der Waals surface area contributed by atoms with E-state index in [0.717, 1.165) is 52.8 Å². The Labute approximate surface area is 329 Å². The van der Waals surface area contributed by atoms with E-state index in [-0.39, 0.29) is 55.5 Å². The summed E-state index contributed by atoms with van der Waals surface area (Å²) in [6.45, 7) is 7.40. The number of hydrogen-bond donors (Lipinski definition) is 4. The molecule has 2 amide bonds. The molecule has 5 N–H and O–H groups in total. The molecule has 4 aromatic carbocycles. The number of benzene rings is 4. The van der Waals surface area contributed by atoms with E-state index in [0.29, 0.717) is 37.3 Å². The van der Waals surface area contributed by atoms with Gasteiger partial charge in [-0.15, -0.1) is 0 Å². The van der Waals surface area contributed by atoms with Gasteiger partial charge in [0, 0.05) is 37.9 Å². The predicted octanol–water partition coefficient (Wildman–Crippen LogP) is 7.20. The van der Waals surface area contributed by atoms with Gasteiger partial charge >= 0.3 is 5.97 Å². The summed E-state index contributed by atoms with van der Waals surface area (Å²) < 4.78 is 19.0. The van der Waals surface area contributed by atoms with Crippen LogP contribution < -0.4 is 16.4 Å². The number of nitrogens with two attached hydrogens (primary N) is 1. The Morgan fingerprint density at radius 1 is 0.857 bits per heavy atom. The third-order valence-electron chi connectivity index (χ3n) is 10.1. The molecular weight excluding hydrogens is 709 g/mol. The summed E-state index contributed by atoms with van der Waals surface area (Å²) in [6, 6.07) is 30.7. The summed E-state index contributed by atoms with van der Waals surface area (Å²) in [5.41, 5.74) is 12.1.